The first-order valence-electron chi connectivity index (χ1n) is 17.0. The minimum Gasteiger partial charge on any atom is -0.479 e. The maximum Gasteiger partial charge on any atom is 0.336 e. The molecule has 1 atom stereocenters. The SMILES string of the molecule is CCCCCC(=O)OC(=O)CC(O)(CC(=O)OCCCCCCCCCCCCCCCCCCCC(C)C)C(=O)O. The second-order valence-electron chi connectivity index (χ2n) is 12.4. The highest BCUT2D eigenvalue weighted by Crippen LogP contribution is 2.19. The zero-order valence-corrected chi connectivity index (χ0v) is 27.1. The van der Waals surface area contributed by atoms with Gasteiger partial charge >= 0.3 is 23.9 Å². The van der Waals surface area contributed by atoms with Crippen LogP contribution in [0.25, 0.3) is 0 Å². The summed E-state index contributed by atoms with van der Waals surface area (Å²) >= 11 is 0. The lowest BCUT2D eigenvalue weighted by molar-refractivity contribution is -0.175. The van der Waals surface area contributed by atoms with Crippen molar-refractivity contribution in [2.75, 3.05) is 6.61 Å². The zero-order valence-electron chi connectivity index (χ0n) is 27.1. The number of carbonyl (C=O) groups is 4. The highest BCUT2D eigenvalue weighted by Gasteiger charge is 2.42. The number of aliphatic carboxylic acids is 1. The fraction of sp³-hybridized carbons (Fsp3) is 0.882. The van der Waals surface area contributed by atoms with Crippen LogP contribution in [-0.4, -0.2) is 46.3 Å². The third kappa shape index (κ3) is 24.6. The molecule has 0 saturated carbocycles. The molecule has 0 radical (unpaired) electrons. The van der Waals surface area contributed by atoms with E-state index in [0.29, 0.717) is 12.8 Å². The first-order chi connectivity index (χ1) is 20.1. The van der Waals surface area contributed by atoms with Crippen molar-refractivity contribution in [1.29, 1.82) is 0 Å². The Kier molecular flexibility index (Phi) is 25.4. The summed E-state index contributed by atoms with van der Waals surface area (Å²) in [6.07, 6.45) is 23.0. The van der Waals surface area contributed by atoms with Crippen molar-refractivity contribution >= 4 is 23.9 Å². The van der Waals surface area contributed by atoms with Crippen LogP contribution in [0.15, 0.2) is 0 Å². The van der Waals surface area contributed by atoms with Crippen LogP contribution in [0.4, 0.5) is 0 Å². The van der Waals surface area contributed by atoms with Crippen molar-refractivity contribution in [1.82, 2.24) is 0 Å². The molecule has 0 spiro atoms. The van der Waals surface area contributed by atoms with E-state index in [1.54, 1.807) is 0 Å². The van der Waals surface area contributed by atoms with E-state index in [4.69, 9.17) is 4.74 Å². The van der Waals surface area contributed by atoms with Gasteiger partial charge in [-0.2, -0.15) is 0 Å². The number of carbonyl (C=O) groups excluding carboxylic acids is 3. The first-order valence-corrected chi connectivity index (χ1v) is 17.0. The summed E-state index contributed by atoms with van der Waals surface area (Å²) in [6.45, 7) is 6.70. The van der Waals surface area contributed by atoms with Gasteiger partial charge in [0.2, 0.25) is 0 Å². The van der Waals surface area contributed by atoms with Gasteiger partial charge in [-0.1, -0.05) is 143 Å². The van der Waals surface area contributed by atoms with E-state index >= 15 is 0 Å². The van der Waals surface area contributed by atoms with Crippen molar-refractivity contribution in [3.05, 3.63) is 0 Å². The second-order valence-corrected chi connectivity index (χ2v) is 12.4. The Morgan fingerprint density at radius 2 is 1.02 bits per heavy atom. The molecule has 0 aliphatic heterocycles. The Morgan fingerprint density at radius 1 is 0.595 bits per heavy atom. The first kappa shape index (κ1) is 40.0. The molecule has 0 aromatic carbocycles. The number of esters is 3. The van der Waals surface area contributed by atoms with Crippen molar-refractivity contribution in [2.24, 2.45) is 5.92 Å². The van der Waals surface area contributed by atoms with Gasteiger partial charge in [0.05, 0.1) is 19.4 Å². The minimum absolute atomic E-state index is 0.0339. The average Bonchev–Trinajstić information content (AvgIpc) is 2.91. The molecule has 0 saturated heterocycles. The third-order valence-electron chi connectivity index (χ3n) is 7.67. The molecule has 8 heteroatoms. The molecular formula is C34H62O8. The molecule has 1 unspecified atom stereocenters. The number of unbranched alkanes of at least 4 members (excludes halogenated alkanes) is 18. The second kappa shape index (κ2) is 26.7. The number of carboxylic acid groups (broad SMARTS) is 1. The third-order valence-corrected chi connectivity index (χ3v) is 7.67. The summed E-state index contributed by atoms with van der Waals surface area (Å²) < 4.78 is 9.65. The summed E-state index contributed by atoms with van der Waals surface area (Å²) in [7, 11) is 0. The standard InChI is InChI=1S/C34H62O8/c1-4-5-21-25-30(35)42-32(37)28-34(40,33(38)39)27-31(36)41-26-23-20-18-16-14-12-10-8-6-7-9-11-13-15-17-19-22-24-29(2)3/h29,40H,4-28H2,1-3H3,(H,38,39). The van der Waals surface area contributed by atoms with Crippen molar-refractivity contribution in [3.8, 4) is 0 Å². The molecule has 0 aromatic heterocycles. The van der Waals surface area contributed by atoms with Crippen molar-refractivity contribution in [2.45, 2.75) is 180 Å². The van der Waals surface area contributed by atoms with Gasteiger partial charge in [0.15, 0.2) is 5.60 Å². The fourth-order valence-corrected chi connectivity index (χ4v) is 4.97. The van der Waals surface area contributed by atoms with E-state index in [0.717, 1.165) is 38.0 Å². The number of hydrogen-bond donors (Lipinski definition) is 2. The number of rotatable bonds is 29. The van der Waals surface area contributed by atoms with Crippen LogP contribution in [0.3, 0.4) is 0 Å². The van der Waals surface area contributed by atoms with Crippen LogP contribution >= 0.6 is 0 Å². The highest BCUT2D eigenvalue weighted by molar-refractivity contribution is 5.92. The maximum absolute atomic E-state index is 12.1. The van der Waals surface area contributed by atoms with Crippen molar-refractivity contribution in [3.63, 3.8) is 0 Å². The van der Waals surface area contributed by atoms with Gasteiger partial charge in [-0.05, 0) is 18.8 Å². The van der Waals surface area contributed by atoms with Gasteiger partial charge in [-0.25, -0.2) is 4.79 Å². The summed E-state index contributed by atoms with van der Waals surface area (Å²) in [4.78, 5) is 47.2. The number of ether oxygens (including phenoxy) is 2. The fourth-order valence-electron chi connectivity index (χ4n) is 4.97. The van der Waals surface area contributed by atoms with Gasteiger partial charge in [0.1, 0.15) is 0 Å². The Bertz CT molecular complexity index is 720. The molecule has 0 rings (SSSR count). The summed E-state index contributed by atoms with van der Waals surface area (Å²) in [5.74, 6) is -3.76. The maximum atomic E-state index is 12.1. The summed E-state index contributed by atoms with van der Waals surface area (Å²) in [6, 6.07) is 0. The summed E-state index contributed by atoms with van der Waals surface area (Å²) in [5.41, 5.74) is -2.68. The molecule has 0 aromatic rings. The van der Waals surface area contributed by atoms with Gasteiger partial charge in [-0.15, -0.1) is 0 Å². The lowest BCUT2D eigenvalue weighted by Crippen LogP contribution is -2.43. The minimum atomic E-state index is -2.68. The number of aliphatic hydroxyl groups is 1. The lowest BCUT2D eigenvalue weighted by atomic mass is 9.96. The van der Waals surface area contributed by atoms with E-state index < -0.39 is 42.3 Å². The molecular weight excluding hydrogens is 536 g/mol. The molecule has 0 heterocycles. The quantitative estimate of drug-likeness (QED) is 0.0499. The zero-order chi connectivity index (χ0) is 31.5. The average molecular weight is 599 g/mol. The molecule has 0 amide bonds. The van der Waals surface area contributed by atoms with Gasteiger partial charge in [-0.3, -0.25) is 14.4 Å². The van der Waals surface area contributed by atoms with Crippen LogP contribution in [0.1, 0.15) is 175 Å². The van der Waals surface area contributed by atoms with Crippen molar-refractivity contribution < 1.29 is 38.9 Å². The Balaban J connectivity index is 3.71. The van der Waals surface area contributed by atoms with Crippen LogP contribution in [0.5, 0.6) is 0 Å². The number of carboxylic acids is 1. The van der Waals surface area contributed by atoms with Crippen LogP contribution in [-0.2, 0) is 28.7 Å². The molecule has 0 bridgehead atoms. The smallest absolute Gasteiger partial charge is 0.336 e. The number of hydrogen-bond acceptors (Lipinski definition) is 7. The van der Waals surface area contributed by atoms with E-state index in [1.165, 1.54) is 89.9 Å². The molecule has 246 valence electrons. The lowest BCUT2D eigenvalue weighted by Gasteiger charge is -2.21. The van der Waals surface area contributed by atoms with Gasteiger partial charge in [0, 0.05) is 6.42 Å². The van der Waals surface area contributed by atoms with E-state index in [1.807, 2.05) is 6.92 Å². The van der Waals surface area contributed by atoms with E-state index in [-0.39, 0.29) is 13.0 Å². The van der Waals surface area contributed by atoms with Crippen LogP contribution < -0.4 is 0 Å². The van der Waals surface area contributed by atoms with Crippen LogP contribution in [0.2, 0.25) is 0 Å². The molecule has 8 nitrogen and oxygen atoms in total. The highest BCUT2D eigenvalue weighted by atomic mass is 16.6. The largest absolute Gasteiger partial charge is 0.479 e. The Hall–Kier alpha value is -1.96. The predicted octanol–water partition coefficient (Wildman–Crippen LogP) is 8.45. The molecule has 0 aliphatic rings. The van der Waals surface area contributed by atoms with E-state index in [9.17, 15) is 29.4 Å². The normalized spacial score (nSPS) is 12.7. The Morgan fingerprint density at radius 3 is 1.45 bits per heavy atom. The van der Waals surface area contributed by atoms with Crippen LogP contribution in [0, 0.1) is 5.92 Å². The monoisotopic (exact) mass is 598 g/mol. The molecule has 42 heavy (non-hydrogen) atoms. The predicted molar refractivity (Wildman–Crippen MR) is 166 cm³/mol. The van der Waals surface area contributed by atoms with Gasteiger partial charge < -0.3 is 19.7 Å². The molecule has 0 aliphatic carbocycles. The Labute approximate surface area is 255 Å². The topological polar surface area (TPSA) is 127 Å². The molecule has 2 N–H and O–H groups in total. The molecule has 0 fully saturated rings. The summed E-state index contributed by atoms with van der Waals surface area (Å²) in [5, 5.41) is 19.6. The van der Waals surface area contributed by atoms with E-state index in [2.05, 4.69) is 18.6 Å². The van der Waals surface area contributed by atoms with Gasteiger partial charge in [0.25, 0.3) is 0 Å².